The van der Waals surface area contributed by atoms with Gasteiger partial charge in [0.15, 0.2) is 17.2 Å². The minimum atomic E-state index is -1.09. The summed E-state index contributed by atoms with van der Waals surface area (Å²) in [6.45, 7) is 6.22. The number of aldehydes is 1. The minimum absolute atomic E-state index is 0.0390. The molecule has 5 atom stereocenters. The van der Waals surface area contributed by atoms with Gasteiger partial charge in [-0.25, -0.2) is 0 Å². The SMILES string of the molecule is CC(=O)O[C@]1(C(C)=O)CC[C@H]2[C@@H]3CCC4=CC(=O)CCC4=C3[C@@H](c3ccc(N(C)CCCCCCCC=O)cc3)C[C@@]21C. The molecular formula is C37H49NO5. The van der Waals surface area contributed by atoms with Crippen molar-refractivity contribution in [3.05, 3.63) is 52.6 Å². The fraction of sp³-hybridized carbons (Fsp3) is 0.622. The van der Waals surface area contributed by atoms with Gasteiger partial charge >= 0.3 is 5.97 Å². The Balaban J connectivity index is 1.44. The van der Waals surface area contributed by atoms with E-state index in [2.05, 4.69) is 43.1 Å². The highest BCUT2D eigenvalue weighted by Gasteiger charge is 2.67. The second-order valence-electron chi connectivity index (χ2n) is 13.7. The number of carbonyl (C=O) groups excluding carboxylic acids is 4. The monoisotopic (exact) mass is 587 g/mol. The van der Waals surface area contributed by atoms with Crippen molar-refractivity contribution in [3.63, 3.8) is 0 Å². The molecule has 0 aliphatic heterocycles. The van der Waals surface area contributed by atoms with Crippen LogP contribution in [0.1, 0.15) is 116 Å². The molecule has 6 heteroatoms. The highest BCUT2D eigenvalue weighted by atomic mass is 16.6. The molecule has 4 aliphatic carbocycles. The summed E-state index contributed by atoms with van der Waals surface area (Å²) in [6, 6.07) is 8.95. The average molecular weight is 588 g/mol. The molecule has 0 saturated heterocycles. The number of anilines is 1. The molecule has 2 fully saturated rings. The van der Waals surface area contributed by atoms with Gasteiger partial charge in [-0.2, -0.15) is 0 Å². The Kier molecular flexibility index (Phi) is 9.43. The average Bonchev–Trinajstić information content (AvgIpc) is 3.28. The first-order valence-electron chi connectivity index (χ1n) is 16.5. The molecule has 0 bridgehead atoms. The van der Waals surface area contributed by atoms with Crippen LogP contribution in [0.25, 0.3) is 0 Å². The Labute approximate surface area is 257 Å². The number of unbranched alkanes of at least 4 members (excludes halogenated alkanes) is 5. The van der Waals surface area contributed by atoms with Gasteiger partial charge in [0.25, 0.3) is 0 Å². The summed E-state index contributed by atoms with van der Waals surface area (Å²) >= 11 is 0. The van der Waals surface area contributed by atoms with Gasteiger partial charge < -0.3 is 14.4 Å². The summed E-state index contributed by atoms with van der Waals surface area (Å²) in [5.41, 5.74) is 4.95. The van der Waals surface area contributed by atoms with Crippen molar-refractivity contribution in [1.82, 2.24) is 0 Å². The number of ether oxygens (including phenoxy) is 1. The lowest BCUT2D eigenvalue weighted by molar-refractivity contribution is -0.182. The molecule has 0 aromatic heterocycles. The van der Waals surface area contributed by atoms with Crippen molar-refractivity contribution < 1.29 is 23.9 Å². The third-order valence-corrected chi connectivity index (χ3v) is 11.3. The summed E-state index contributed by atoms with van der Waals surface area (Å²) in [4.78, 5) is 51.0. The van der Waals surface area contributed by atoms with Crippen LogP contribution in [0.5, 0.6) is 0 Å². The Morgan fingerprint density at radius 1 is 1.00 bits per heavy atom. The van der Waals surface area contributed by atoms with Crippen LogP contribution >= 0.6 is 0 Å². The number of esters is 1. The maximum atomic E-state index is 13.4. The summed E-state index contributed by atoms with van der Waals surface area (Å²) in [5, 5.41) is 0. The summed E-state index contributed by atoms with van der Waals surface area (Å²) in [6.07, 6.45) is 14.6. The van der Waals surface area contributed by atoms with Gasteiger partial charge in [-0.05, 0) is 105 Å². The highest BCUT2D eigenvalue weighted by Crippen LogP contribution is 2.67. The number of benzene rings is 1. The molecule has 4 aliphatic rings. The lowest BCUT2D eigenvalue weighted by atomic mass is 9.50. The summed E-state index contributed by atoms with van der Waals surface area (Å²) < 4.78 is 6.06. The molecule has 0 heterocycles. The zero-order chi connectivity index (χ0) is 30.8. The largest absolute Gasteiger partial charge is 0.451 e. The molecular weight excluding hydrogens is 538 g/mol. The van der Waals surface area contributed by atoms with E-state index in [4.69, 9.17) is 4.74 Å². The van der Waals surface area contributed by atoms with Crippen LogP contribution in [0.15, 0.2) is 47.1 Å². The van der Waals surface area contributed by atoms with Crippen LogP contribution < -0.4 is 4.90 Å². The van der Waals surface area contributed by atoms with Crippen molar-refractivity contribution in [2.24, 2.45) is 17.3 Å². The predicted molar refractivity (Wildman–Crippen MR) is 169 cm³/mol. The molecule has 5 rings (SSSR count). The zero-order valence-electron chi connectivity index (χ0n) is 26.6. The van der Waals surface area contributed by atoms with E-state index in [9.17, 15) is 19.2 Å². The smallest absolute Gasteiger partial charge is 0.303 e. The van der Waals surface area contributed by atoms with Crippen molar-refractivity contribution in [2.75, 3.05) is 18.5 Å². The maximum absolute atomic E-state index is 13.4. The second-order valence-corrected chi connectivity index (χ2v) is 13.7. The van der Waals surface area contributed by atoms with E-state index in [1.807, 2.05) is 6.08 Å². The van der Waals surface area contributed by atoms with E-state index in [1.54, 1.807) is 6.92 Å². The first-order valence-corrected chi connectivity index (χ1v) is 16.5. The lowest BCUT2D eigenvalue weighted by Crippen LogP contribution is -2.57. The standard InChI is InChI=1S/C37H49NO5/c1-25(40)37(43-26(2)41)20-19-34-32-17-13-28-23-30(42)16-18-31(28)35(32)33(24-36(34,37)3)27-11-14-29(15-12-27)38(4)21-9-7-5-6-8-10-22-39/h11-12,14-15,22-23,32-34H,5-10,13,16-21,24H2,1-4H3/t32-,33+,34-,36-,37-/m0/s1. The van der Waals surface area contributed by atoms with E-state index < -0.39 is 11.0 Å². The number of Topliss-reactive ketones (excluding diaryl/α,β-unsaturated/α-hetero) is 1. The van der Waals surface area contributed by atoms with Crippen LogP contribution in [0, 0.1) is 17.3 Å². The third kappa shape index (κ3) is 5.91. The van der Waals surface area contributed by atoms with Gasteiger partial charge in [-0.3, -0.25) is 14.4 Å². The van der Waals surface area contributed by atoms with Crippen molar-refractivity contribution in [1.29, 1.82) is 0 Å². The number of nitrogens with zero attached hydrogens (tertiary/aromatic N) is 1. The maximum Gasteiger partial charge on any atom is 0.303 e. The number of fused-ring (bicyclic) bond motifs is 4. The van der Waals surface area contributed by atoms with E-state index >= 15 is 0 Å². The van der Waals surface area contributed by atoms with Crippen molar-refractivity contribution in [3.8, 4) is 0 Å². The van der Waals surface area contributed by atoms with Gasteiger partial charge in [-0.1, -0.05) is 43.9 Å². The van der Waals surface area contributed by atoms with Gasteiger partial charge in [0, 0.05) is 50.4 Å². The van der Waals surface area contributed by atoms with Crippen molar-refractivity contribution in [2.45, 2.75) is 116 Å². The Hall–Kier alpha value is -3.02. The Morgan fingerprint density at radius 2 is 1.72 bits per heavy atom. The summed E-state index contributed by atoms with van der Waals surface area (Å²) in [7, 11) is 2.14. The van der Waals surface area contributed by atoms with Gasteiger partial charge in [-0.15, -0.1) is 0 Å². The van der Waals surface area contributed by atoms with Crippen LogP contribution in [-0.2, 0) is 23.9 Å². The van der Waals surface area contributed by atoms with Gasteiger partial charge in [0.2, 0.25) is 0 Å². The fourth-order valence-electron chi connectivity index (χ4n) is 9.21. The molecule has 1 aromatic rings. The predicted octanol–water partition coefficient (Wildman–Crippen LogP) is 7.45. The first-order chi connectivity index (χ1) is 20.6. The van der Waals surface area contributed by atoms with Crippen LogP contribution in [-0.4, -0.2) is 43.0 Å². The summed E-state index contributed by atoms with van der Waals surface area (Å²) in [5.74, 6) is 0.493. The van der Waals surface area contributed by atoms with E-state index in [0.29, 0.717) is 25.2 Å². The number of rotatable bonds is 12. The van der Waals surface area contributed by atoms with E-state index in [1.165, 1.54) is 41.3 Å². The molecule has 2 saturated carbocycles. The molecule has 0 unspecified atom stereocenters. The molecule has 43 heavy (non-hydrogen) atoms. The molecule has 0 radical (unpaired) electrons. The van der Waals surface area contributed by atoms with Gasteiger partial charge in [0.1, 0.15) is 6.29 Å². The molecule has 232 valence electrons. The number of hydrogen-bond donors (Lipinski definition) is 0. The van der Waals surface area contributed by atoms with E-state index in [-0.39, 0.29) is 29.4 Å². The second kappa shape index (κ2) is 12.9. The fourth-order valence-corrected chi connectivity index (χ4v) is 9.21. The topological polar surface area (TPSA) is 80.8 Å². The molecule has 0 spiro atoms. The number of carbonyl (C=O) groups is 4. The third-order valence-electron chi connectivity index (χ3n) is 11.3. The van der Waals surface area contributed by atoms with E-state index in [0.717, 1.165) is 70.6 Å². The number of hydrogen-bond acceptors (Lipinski definition) is 6. The number of ketones is 2. The highest BCUT2D eigenvalue weighted by molar-refractivity contribution is 5.93. The molecule has 0 amide bonds. The molecule has 1 aromatic carbocycles. The first kappa shape index (κ1) is 31.4. The minimum Gasteiger partial charge on any atom is -0.451 e. The quantitative estimate of drug-likeness (QED) is 0.144. The van der Waals surface area contributed by atoms with Crippen LogP contribution in [0.3, 0.4) is 0 Å². The Bertz CT molecular complexity index is 1310. The molecule has 6 nitrogen and oxygen atoms in total. The number of allylic oxidation sites excluding steroid dienone is 4. The van der Waals surface area contributed by atoms with Crippen LogP contribution in [0.2, 0.25) is 0 Å². The van der Waals surface area contributed by atoms with Crippen molar-refractivity contribution >= 4 is 29.5 Å². The lowest BCUT2D eigenvalue weighted by Gasteiger charge is -2.55. The van der Waals surface area contributed by atoms with Gasteiger partial charge in [0.05, 0.1) is 0 Å². The Morgan fingerprint density at radius 3 is 2.42 bits per heavy atom. The van der Waals surface area contributed by atoms with Crippen LogP contribution in [0.4, 0.5) is 5.69 Å². The normalized spacial score (nSPS) is 29.7. The zero-order valence-corrected chi connectivity index (χ0v) is 26.6. The molecule has 0 N–H and O–H groups in total.